The van der Waals surface area contributed by atoms with Crippen molar-refractivity contribution in [3.05, 3.63) is 34.5 Å². The fraction of sp³-hybridized carbons (Fsp3) is 0.571. The Labute approximate surface area is 149 Å². The third-order valence-electron chi connectivity index (χ3n) is 6.87. The summed E-state index contributed by atoms with van der Waals surface area (Å²) in [5.41, 5.74) is 4.83. The van der Waals surface area contributed by atoms with Gasteiger partial charge in [-0.25, -0.2) is 0 Å². The molecule has 3 aliphatic rings. The van der Waals surface area contributed by atoms with Gasteiger partial charge < -0.3 is 14.7 Å². The van der Waals surface area contributed by atoms with E-state index in [4.69, 9.17) is 4.74 Å². The van der Waals surface area contributed by atoms with E-state index in [1.807, 2.05) is 12.1 Å². The summed E-state index contributed by atoms with van der Waals surface area (Å²) in [4.78, 5) is 14.9. The Morgan fingerprint density at radius 2 is 2.08 bits per heavy atom. The summed E-state index contributed by atoms with van der Waals surface area (Å²) in [6.45, 7) is 9.73. The van der Waals surface area contributed by atoms with Gasteiger partial charge in [-0.2, -0.15) is 0 Å². The smallest absolute Gasteiger partial charge is 0.161 e. The van der Waals surface area contributed by atoms with Crippen molar-refractivity contribution in [1.29, 1.82) is 0 Å². The number of Topliss-reactive ketones (excluding diaryl/α,β-unsaturated/α-hetero) is 1. The van der Waals surface area contributed by atoms with Gasteiger partial charge in [0.15, 0.2) is 17.3 Å². The number of ether oxygens (including phenoxy) is 1. The molecule has 4 heteroatoms. The lowest BCUT2D eigenvalue weighted by Gasteiger charge is -2.39. The molecule has 4 rings (SSSR count). The number of rotatable bonds is 2. The van der Waals surface area contributed by atoms with E-state index in [1.165, 1.54) is 11.1 Å². The highest BCUT2D eigenvalue weighted by Crippen LogP contribution is 2.68. The van der Waals surface area contributed by atoms with Crippen LogP contribution in [-0.4, -0.2) is 29.4 Å². The van der Waals surface area contributed by atoms with Gasteiger partial charge in [0.2, 0.25) is 0 Å². The molecule has 4 nitrogen and oxygen atoms in total. The van der Waals surface area contributed by atoms with Gasteiger partial charge in [0.25, 0.3) is 0 Å². The number of carbonyl (C=O) groups excluding carboxylic acids is 1. The molecule has 0 amide bonds. The third kappa shape index (κ3) is 2.22. The van der Waals surface area contributed by atoms with E-state index in [2.05, 4.69) is 32.6 Å². The van der Waals surface area contributed by atoms with Crippen LogP contribution in [0.4, 0.5) is 0 Å². The molecule has 1 aliphatic heterocycles. The number of allylic oxidation sites excluding steroid dienone is 2. The van der Waals surface area contributed by atoms with Crippen molar-refractivity contribution in [2.75, 3.05) is 13.7 Å². The molecular formula is C21H27NO3. The maximum Gasteiger partial charge on any atom is 0.161 e. The van der Waals surface area contributed by atoms with Crippen LogP contribution in [0.5, 0.6) is 11.5 Å². The summed E-state index contributed by atoms with van der Waals surface area (Å²) in [5.74, 6) is 2.02. The normalized spacial score (nSPS) is 31.5. The number of aromatic hydroxyl groups is 1. The van der Waals surface area contributed by atoms with Crippen molar-refractivity contribution in [2.45, 2.75) is 46.6 Å². The van der Waals surface area contributed by atoms with Gasteiger partial charge in [0.1, 0.15) is 0 Å². The highest BCUT2D eigenvalue weighted by molar-refractivity contribution is 6.01. The molecule has 1 heterocycles. The summed E-state index contributed by atoms with van der Waals surface area (Å²) in [6.07, 6.45) is 1.58. The number of phenols is 1. The lowest BCUT2D eigenvalue weighted by molar-refractivity contribution is -0.115. The second-order valence-electron chi connectivity index (χ2n) is 8.37. The molecule has 3 atom stereocenters. The fourth-order valence-corrected chi connectivity index (χ4v) is 5.22. The molecule has 2 fully saturated rings. The summed E-state index contributed by atoms with van der Waals surface area (Å²) >= 11 is 0. The lowest BCUT2D eigenvalue weighted by Crippen LogP contribution is -2.34. The Kier molecular flexibility index (Phi) is 3.47. The van der Waals surface area contributed by atoms with Gasteiger partial charge in [0.05, 0.1) is 13.2 Å². The van der Waals surface area contributed by atoms with Crippen LogP contribution in [0.25, 0.3) is 0 Å². The van der Waals surface area contributed by atoms with Crippen LogP contribution in [0.3, 0.4) is 0 Å². The SMILES string of the molecule is COc1cc2c(cc1O)CCN(/C(C)=C1/C(=O)C[C@H]3[C@@H]1C3(C)C)[C@@H]2C. The van der Waals surface area contributed by atoms with Crippen molar-refractivity contribution in [3.63, 3.8) is 0 Å². The van der Waals surface area contributed by atoms with Crippen molar-refractivity contribution < 1.29 is 14.6 Å². The Balaban J connectivity index is 1.71. The molecular weight excluding hydrogens is 314 g/mol. The number of nitrogens with zero attached hydrogens (tertiary/aromatic N) is 1. The standard InChI is InChI=1S/C21H27NO3/c1-11-14-9-18(25-5)16(23)8-13(14)6-7-22(11)12(2)19-17(24)10-15-20(19)21(15,3)4/h8-9,11,15,20,23H,6-7,10H2,1-5H3/b19-12-/t11-,15+,20+/m1/s1. The molecule has 0 radical (unpaired) electrons. The maximum atomic E-state index is 12.5. The number of benzene rings is 1. The van der Waals surface area contributed by atoms with Gasteiger partial charge in [-0.1, -0.05) is 13.8 Å². The molecule has 25 heavy (non-hydrogen) atoms. The Morgan fingerprint density at radius 1 is 1.36 bits per heavy atom. The van der Waals surface area contributed by atoms with Crippen LogP contribution in [0.2, 0.25) is 0 Å². The first kappa shape index (κ1) is 16.5. The van der Waals surface area contributed by atoms with Crippen LogP contribution in [0, 0.1) is 17.3 Å². The second-order valence-corrected chi connectivity index (χ2v) is 8.37. The van der Waals surface area contributed by atoms with Crippen LogP contribution in [-0.2, 0) is 11.2 Å². The number of fused-ring (bicyclic) bond motifs is 2. The maximum absolute atomic E-state index is 12.5. The molecule has 1 aromatic rings. The molecule has 0 aromatic heterocycles. The average molecular weight is 341 g/mol. The fourth-order valence-electron chi connectivity index (χ4n) is 5.22. The highest BCUT2D eigenvalue weighted by Gasteiger charge is 2.65. The molecule has 1 aromatic carbocycles. The highest BCUT2D eigenvalue weighted by atomic mass is 16.5. The predicted molar refractivity (Wildman–Crippen MR) is 96.6 cm³/mol. The van der Waals surface area contributed by atoms with E-state index in [1.54, 1.807) is 7.11 Å². The number of hydrogen-bond acceptors (Lipinski definition) is 4. The first-order chi connectivity index (χ1) is 11.8. The first-order valence-electron chi connectivity index (χ1n) is 9.17. The second kappa shape index (κ2) is 5.26. The van der Waals surface area contributed by atoms with Gasteiger partial charge in [-0.05, 0) is 60.8 Å². The quantitative estimate of drug-likeness (QED) is 0.831. The average Bonchev–Trinajstić information content (AvgIpc) is 2.91. The van der Waals surface area contributed by atoms with Crippen LogP contribution < -0.4 is 4.74 Å². The zero-order chi connectivity index (χ0) is 18.1. The van der Waals surface area contributed by atoms with E-state index in [9.17, 15) is 9.90 Å². The number of ketones is 1. The Hall–Kier alpha value is -1.97. The number of hydrogen-bond donors (Lipinski definition) is 1. The molecule has 1 N–H and O–H groups in total. The molecule has 2 aliphatic carbocycles. The van der Waals surface area contributed by atoms with Gasteiger partial charge in [-0.15, -0.1) is 0 Å². The minimum absolute atomic E-state index is 0.166. The largest absolute Gasteiger partial charge is 0.504 e. The van der Waals surface area contributed by atoms with Crippen molar-refractivity contribution in [3.8, 4) is 11.5 Å². The molecule has 134 valence electrons. The summed E-state index contributed by atoms with van der Waals surface area (Å²) in [7, 11) is 1.58. The summed E-state index contributed by atoms with van der Waals surface area (Å²) in [5, 5.41) is 10.0. The van der Waals surface area contributed by atoms with Gasteiger partial charge in [0, 0.05) is 24.2 Å². The zero-order valence-corrected chi connectivity index (χ0v) is 15.7. The van der Waals surface area contributed by atoms with E-state index < -0.39 is 0 Å². The van der Waals surface area contributed by atoms with Gasteiger partial charge in [-0.3, -0.25) is 4.79 Å². The van der Waals surface area contributed by atoms with Crippen molar-refractivity contribution >= 4 is 5.78 Å². The number of methoxy groups -OCH3 is 1. The monoisotopic (exact) mass is 341 g/mol. The van der Waals surface area contributed by atoms with Crippen LogP contribution >= 0.6 is 0 Å². The molecule has 2 saturated carbocycles. The first-order valence-corrected chi connectivity index (χ1v) is 9.17. The van der Waals surface area contributed by atoms with E-state index in [0.29, 0.717) is 29.8 Å². The van der Waals surface area contributed by atoms with Gasteiger partial charge >= 0.3 is 0 Å². The van der Waals surface area contributed by atoms with E-state index >= 15 is 0 Å². The van der Waals surface area contributed by atoms with Crippen LogP contribution in [0.1, 0.15) is 51.3 Å². The van der Waals surface area contributed by atoms with E-state index in [0.717, 1.165) is 24.2 Å². The summed E-state index contributed by atoms with van der Waals surface area (Å²) < 4.78 is 5.29. The zero-order valence-electron chi connectivity index (χ0n) is 15.7. The topological polar surface area (TPSA) is 49.8 Å². The number of phenolic OH excluding ortho intramolecular Hbond substituents is 1. The Morgan fingerprint density at radius 3 is 2.72 bits per heavy atom. The number of carbonyl (C=O) groups is 1. The molecule has 0 unspecified atom stereocenters. The predicted octanol–water partition coefficient (Wildman–Crippen LogP) is 3.84. The Bertz CT molecular complexity index is 793. The van der Waals surface area contributed by atoms with Crippen molar-refractivity contribution in [2.24, 2.45) is 17.3 Å². The van der Waals surface area contributed by atoms with Crippen LogP contribution in [0.15, 0.2) is 23.4 Å². The van der Waals surface area contributed by atoms with Crippen molar-refractivity contribution in [1.82, 2.24) is 4.90 Å². The summed E-state index contributed by atoms with van der Waals surface area (Å²) in [6, 6.07) is 3.94. The minimum atomic E-state index is 0.166. The molecule has 0 saturated heterocycles. The molecule has 0 spiro atoms. The lowest BCUT2D eigenvalue weighted by atomic mass is 9.90. The molecule has 0 bridgehead atoms. The minimum Gasteiger partial charge on any atom is -0.504 e. The third-order valence-corrected chi connectivity index (χ3v) is 6.87. The van der Waals surface area contributed by atoms with E-state index in [-0.39, 0.29) is 17.2 Å².